The van der Waals surface area contributed by atoms with E-state index < -0.39 is 0 Å². The van der Waals surface area contributed by atoms with Gasteiger partial charge < -0.3 is 10.2 Å². The fraction of sp³-hybridized carbons (Fsp3) is 0.769. The molecule has 1 fully saturated rings. The lowest BCUT2D eigenvalue weighted by molar-refractivity contribution is -0.138. The molecule has 3 heteroatoms. The van der Waals surface area contributed by atoms with Crippen molar-refractivity contribution in [1.82, 2.24) is 10.2 Å². The molecule has 2 rings (SSSR count). The van der Waals surface area contributed by atoms with Crippen molar-refractivity contribution < 1.29 is 4.79 Å². The van der Waals surface area contributed by atoms with Gasteiger partial charge in [0.2, 0.25) is 5.91 Å². The Hall–Kier alpha value is -0.830. The second kappa shape index (κ2) is 5.48. The fourth-order valence-electron chi connectivity index (χ4n) is 2.79. The van der Waals surface area contributed by atoms with Crippen LogP contribution >= 0.6 is 0 Å². The summed E-state index contributed by atoms with van der Waals surface area (Å²) in [5.74, 6) is 0.613. The molecular formula is C13H22N2O. The van der Waals surface area contributed by atoms with Crippen LogP contribution in [0.15, 0.2) is 12.2 Å². The topological polar surface area (TPSA) is 32.3 Å². The van der Waals surface area contributed by atoms with Gasteiger partial charge in [-0.05, 0) is 39.2 Å². The first-order chi connectivity index (χ1) is 7.83. The van der Waals surface area contributed by atoms with Crippen LogP contribution in [0.2, 0.25) is 0 Å². The number of amides is 1. The number of likely N-dealkylation sites (N-methyl/N-ethyl adjacent to an activating group) is 1. The van der Waals surface area contributed by atoms with E-state index in [1.807, 2.05) is 7.05 Å². The van der Waals surface area contributed by atoms with Gasteiger partial charge in [0.05, 0.1) is 0 Å². The molecule has 1 unspecified atom stereocenters. The van der Waals surface area contributed by atoms with Crippen LogP contribution < -0.4 is 5.32 Å². The van der Waals surface area contributed by atoms with E-state index in [0.717, 1.165) is 32.4 Å². The smallest absolute Gasteiger partial charge is 0.226 e. The Kier molecular flexibility index (Phi) is 3.99. The van der Waals surface area contributed by atoms with E-state index in [9.17, 15) is 4.79 Å². The monoisotopic (exact) mass is 222 g/mol. The highest BCUT2D eigenvalue weighted by molar-refractivity contribution is 5.80. The molecule has 1 atom stereocenters. The third-order valence-electron chi connectivity index (χ3n) is 3.71. The fourth-order valence-corrected chi connectivity index (χ4v) is 2.79. The first-order valence-electron chi connectivity index (χ1n) is 6.43. The van der Waals surface area contributed by atoms with Gasteiger partial charge in [-0.15, -0.1) is 0 Å². The van der Waals surface area contributed by atoms with Gasteiger partial charge in [-0.3, -0.25) is 4.79 Å². The second-order valence-electron chi connectivity index (χ2n) is 4.88. The number of allylic oxidation sites excluding steroid dienone is 2. The van der Waals surface area contributed by atoms with E-state index >= 15 is 0 Å². The minimum absolute atomic E-state index is 0.234. The lowest BCUT2D eigenvalue weighted by Crippen LogP contribution is -2.49. The highest BCUT2D eigenvalue weighted by Gasteiger charge is 2.31. The van der Waals surface area contributed by atoms with Crippen LogP contribution in [0.5, 0.6) is 0 Å². The molecular weight excluding hydrogens is 200 g/mol. The van der Waals surface area contributed by atoms with Crippen LogP contribution in [0.3, 0.4) is 0 Å². The number of nitrogens with zero attached hydrogens (tertiary/aromatic N) is 1. The van der Waals surface area contributed by atoms with Gasteiger partial charge in [0.1, 0.15) is 0 Å². The lowest BCUT2D eigenvalue weighted by Gasteiger charge is -2.37. The number of rotatable bonds is 3. The zero-order valence-corrected chi connectivity index (χ0v) is 10.1. The molecule has 0 saturated carbocycles. The molecule has 0 aromatic carbocycles. The number of piperidine rings is 1. The van der Waals surface area contributed by atoms with Crippen molar-refractivity contribution in [2.45, 2.75) is 38.1 Å². The Morgan fingerprint density at radius 2 is 2.12 bits per heavy atom. The van der Waals surface area contributed by atoms with Crippen molar-refractivity contribution in [3.63, 3.8) is 0 Å². The number of hydrogen-bond acceptors (Lipinski definition) is 2. The number of hydrogen-bond donors (Lipinski definition) is 1. The largest absolute Gasteiger partial charge is 0.338 e. The van der Waals surface area contributed by atoms with Crippen molar-refractivity contribution in [3.8, 4) is 0 Å². The molecule has 1 amide bonds. The van der Waals surface area contributed by atoms with Crippen LogP contribution in [0.25, 0.3) is 0 Å². The van der Waals surface area contributed by atoms with Gasteiger partial charge in [0, 0.05) is 25.0 Å². The normalized spacial score (nSPS) is 26.3. The Morgan fingerprint density at radius 3 is 2.81 bits per heavy atom. The van der Waals surface area contributed by atoms with Crippen molar-refractivity contribution in [3.05, 3.63) is 12.2 Å². The Bertz CT molecular complexity index is 265. The van der Waals surface area contributed by atoms with E-state index in [1.165, 1.54) is 12.8 Å². The van der Waals surface area contributed by atoms with Crippen molar-refractivity contribution in [2.24, 2.45) is 5.92 Å². The number of carbonyl (C=O) groups is 1. The molecule has 0 spiro atoms. The summed E-state index contributed by atoms with van der Waals surface area (Å²) in [6, 6.07) is 0.423. The predicted molar refractivity (Wildman–Crippen MR) is 65.1 cm³/mol. The maximum absolute atomic E-state index is 12.3. The van der Waals surface area contributed by atoms with E-state index in [-0.39, 0.29) is 5.92 Å². The molecule has 1 N–H and O–H groups in total. The lowest BCUT2D eigenvalue weighted by atomic mass is 9.98. The van der Waals surface area contributed by atoms with E-state index in [0.29, 0.717) is 11.9 Å². The molecule has 0 aromatic heterocycles. The van der Waals surface area contributed by atoms with E-state index in [1.54, 1.807) is 0 Å². The predicted octanol–water partition coefficient (Wildman–Crippen LogP) is 1.55. The van der Waals surface area contributed by atoms with Gasteiger partial charge in [0.25, 0.3) is 0 Å². The summed E-state index contributed by atoms with van der Waals surface area (Å²) in [6.45, 7) is 1.90. The van der Waals surface area contributed by atoms with Gasteiger partial charge in [-0.2, -0.15) is 0 Å². The van der Waals surface area contributed by atoms with Crippen LogP contribution in [0.1, 0.15) is 32.1 Å². The summed E-state index contributed by atoms with van der Waals surface area (Å²) in [6.07, 6.45) is 9.76. The molecule has 16 heavy (non-hydrogen) atoms. The zero-order valence-electron chi connectivity index (χ0n) is 10.1. The SMILES string of the molecule is CNCC1CCCCN1C(=O)C1CC=CC1. The van der Waals surface area contributed by atoms with Crippen molar-refractivity contribution in [1.29, 1.82) is 0 Å². The average Bonchev–Trinajstić information content (AvgIpc) is 2.83. The summed E-state index contributed by atoms with van der Waals surface area (Å²) < 4.78 is 0. The Balaban J connectivity index is 1.96. The number of nitrogens with one attached hydrogen (secondary N) is 1. The first-order valence-corrected chi connectivity index (χ1v) is 6.43. The molecule has 1 aliphatic heterocycles. The standard InChI is InChI=1S/C13H22N2O/c1-14-10-12-8-4-5-9-15(12)13(16)11-6-2-3-7-11/h2-3,11-12,14H,4-10H2,1H3. The minimum Gasteiger partial charge on any atom is -0.338 e. The molecule has 1 saturated heterocycles. The Morgan fingerprint density at radius 1 is 1.38 bits per heavy atom. The van der Waals surface area contributed by atoms with Crippen molar-refractivity contribution in [2.75, 3.05) is 20.1 Å². The zero-order chi connectivity index (χ0) is 11.4. The third kappa shape index (κ3) is 2.46. The minimum atomic E-state index is 0.234. The quantitative estimate of drug-likeness (QED) is 0.735. The summed E-state index contributed by atoms with van der Waals surface area (Å²) in [5, 5.41) is 3.20. The molecule has 1 aliphatic carbocycles. The molecule has 0 aromatic rings. The maximum atomic E-state index is 12.3. The summed E-state index contributed by atoms with van der Waals surface area (Å²) in [7, 11) is 1.97. The molecule has 1 heterocycles. The van der Waals surface area contributed by atoms with Crippen LogP contribution in [0, 0.1) is 5.92 Å². The van der Waals surface area contributed by atoms with E-state index in [2.05, 4.69) is 22.4 Å². The van der Waals surface area contributed by atoms with Gasteiger partial charge in [0.15, 0.2) is 0 Å². The maximum Gasteiger partial charge on any atom is 0.226 e. The van der Waals surface area contributed by atoms with Crippen LogP contribution in [-0.2, 0) is 4.79 Å². The second-order valence-corrected chi connectivity index (χ2v) is 4.88. The number of carbonyl (C=O) groups excluding carboxylic acids is 1. The molecule has 2 aliphatic rings. The molecule has 0 radical (unpaired) electrons. The molecule has 0 bridgehead atoms. The summed E-state index contributed by atoms with van der Waals surface area (Å²) >= 11 is 0. The van der Waals surface area contributed by atoms with Gasteiger partial charge >= 0.3 is 0 Å². The molecule has 90 valence electrons. The van der Waals surface area contributed by atoms with Crippen LogP contribution in [-0.4, -0.2) is 37.0 Å². The van der Waals surface area contributed by atoms with Crippen LogP contribution in [0.4, 0.5) is 0 Å². The first kappa shape index (κ1) is 11.6. The van der Waals surface area contributed by atoms with Gasteiger partial charge in [-0.25, -0.2) is 0 Å². The number of likely N-dealkylation sites (tertiary alicyclic amines) is 1. The highest BCUT2D eigenvalue weighted by Crippen LogP contribution is 2.25. The molecule has 3 nitrogen and oxygen atoms in total. The highest BCUT2D eigenvalue weighted by atomic mass is 16.2. The Labute approximate surface area is 97.9 Å². The van der Waals surface area contributed by atoms with E-state index in [4.69, 9.17) is 0 Å². The summed E-state index contributed by atoms with van der Waals surface area (Å²) in [5.41, 5.74) is 0. The van der Waals surface area contributed by atoms with Gasteiger partial charge in [-0.1, -0.05) is 12.2 Å². The third-order valence-corrected chi connectivity index (χ3v) is 3.71. The average molecular weight is 222 g/mol. The van der Waals surface area contributed by atoms with Crippen molar-refractivity contribution >= 4 is 5.91 Å². The summed E-state index contributed by atoms with van der Waals surface area (Å²) in [4.78, 5) is 14.5.